The maximum Gasteiger partial charge on any atom is 0.269 e. The van der Waals surface area contributed by atoms with Gasteiger partial charge in [-0.25, -0.2) is 4.98 Å². The Bertz CT molecular complexity index is 2830. The topological polar surface area (TPSA) is 35.9 Å². The highest BCUT2D eigenvalue weighted by Crippen LogP contribution is 2.38. The van der Waals surface area contributed by atoms with Gasteiger partial charge in [0.1, 0.15) is 17.3 Å². The van der Waals surface area contributed by atoms with Crippen LogP contribution >= 0.6 is 0 Å². The summed E-state index contributed by atoms with van der Waals surface area (Å²) in [6.45, 7) is 27.1. The molecule has 0 bridgehead atoms. The summed E-state index contributed by atoms with van der Waals surface area (Å²) in [6.07, 6.45) is 7.97. The number of ether oxygens (including phenoxy) is 1. The van der Waals surface area contributed by atoms with Crippen molar-refractivity contribution >= 4 is 21.8 Å². The zero-order chi connectivity index (χ0) is 42.1. The van der Waals surface area contributed by atoms with Gasteiger partial charge in [-0.05, 0) is 110 Å². The molecule has 3 aromatic heterocycles. The highest BCUT2D eigenvalue weighted by Gasteiger charge is 2.26. The van der Waals surface area contributed by atoms with E-state index >= 15 is 0 Å². The monoisotopic (exact) mass is 778 g/mol. The summed E-state index contributed by atoms with van der Waals surface area (Å²) in [5.41, 5.74) is 11.1. The van der Waals surface area contributed by atoms with E-state index in [1.54, 1.807) is 0 Å². The van der Waals surface area contributed by atoms with E-state index in [1.165, 1.54) is 33.2 Å². The van der Waals surface area contributed by atoms with Crippen molar-refractivity contribution in [1.82, 2.24) is 14.1 Å². The van der Waals surface area contributed by atoms with Crippen molar-refractivity contribution in [3.8, 4) is 39.8 Å². The Balaban J connectivity index is 1.26. The smallest absolute Gasteiger partial charge is 0.269 e. The average molecular weight is 779 g/mol. The fourth-order valence-electron chi connectivity index (χ4n) is 7.82. The van der Waals surface area contributed by atoms with Crippen LogP contribution in [0.3, 0.4) is 0 Å². The molecule has 5 aromatic carbocycles. The van der Waals surface area contributed by atoms with Gasteiger partial charge in [-0.2, -0.15) is 0 Å². The molecule has 0 spiro atoms. The van der Waals surface area contributed by atoms with E-state index in [2.05, 4.69) is 231 Å². The van der Waals surface area contributed by atoms with Gasteiger partial charge in [0.25, 0.3) is 6.33 Å². The first-order chi connectivity index (χ1) is 27.7. The molecule has 300 valence electrons. The predicted molar refractivity (Wildman–Crippen MR) is 245 cm³/mol. The Morgan fingerprint density at radius 2 is 1.19 bits per heavy atom. The Morgan fingerprint density at radius 3 is 1.88 bits per heavy atom. The Hall–Kier alpha value is -5.94. The second-order valence-electron chi connectivity index (χ2n) is 20.2. The second kappa shape index (κ2) is 14.4. The van der Waals surface area contributed by atoms with Gasteiger partial charge in [0.05, 0.1) is 28.1 Å². The first-order valence-electron chi connectivity index (χ1n) is 20.9. The van der Waals surface area contributed by atoms with Crippen LogP contribution in [0.5, 0.6) is 11.5 Å². The maximum atomic E-state index is 6.92. The number of nitrogens with zero attached hydrogens (tertiary/aromatic N) is 4. The van der Waals surface area contributed by atoms with Crippen molar-refractivity contribution in [3.05, 3.63) is 162 Å². The number of imidazole rings is 1. The highest BCUT2D eigenvalue weighted by atomic mass is 16.5. The summed E-state index contributed by atoms with van der Waals surface area (Å²) in [7, 11) is 0. The number of fused-ring (bicyclic) bond motifs is 3. The molecular weight excluding hydrogens is 721 g/mol. The van der Waals surface area contributed by atoms with Gasteiger partial charge in [0, 0.05) is 29.2 Å². The molecule has 0 atom stereocenters. The van der Waals surface area contributed by atoms with Crippen LogP contribution in [0.25, 0.3) is 50.1 Å². The number of benzene rings is 5. The molecule has 0 aliphatic rings. The summed E-state index contributed by atoms with van der Waals surface area (Å²) in [5.74, 6) is 2.44. The molecule has 0 saturated heterocycles. The molecule has 3 heterocycles. The van der Waals surface area contributed by atoms with Crippen molar-refractivity contribution < 1.29 is 9.30 Å². The van der Waals surface area contributed by atoms with E-state index in [9.17, 15) is 0 Å². The fourth-order valence-corrected chi connectivity index (χ4v) is 7.82. The van der Waals surface area contributed by atoms with Crippen molar-refractivity contribution in [3.63, 3.8) is 0 Å². The lowest BCUT2D eigenvalue weighted by atomic mass is 9.85. The number of para-hydroxylation sites is 1. The zero-order valence-corrected chi connectivity index (χ0v) is 36.9. The molecule has 0 radical (unpaired) electrons. The second-order valence-corrected chi connectivity index (χ2v) is 20.2. The van der Waals surface area contributed by atoms with Crippen LogP contribution in [-0.4, -0.2) is 14.1 Å². The summed E-state index contributed by atoms with van der Waals surface area (Å²) in [6, 6.07) is 43.5. The molecule has 0 aliphatic carbocycles. The third-order valence-corrected chi connectivity index (χ3v) is 11.4. The van der Waals surface area contributed by atoms with E-state index in [1.807, 2.05) is 6.20 Å². The van der Waals surface area contributed by atoms with Gasteiger partial charge >= 0.3 is 0 Å². The van der Waals surface area contributed by atoms with Crippen LogP contribution in [0.2, 0.25) is 0 Å². The number of rotatable bonds is 6. The van der Waals surface area contributed by atoms with Crippen molar-refractivity contribution in [1.29, 1.82) is 0 Å². The van der Waals surface area contributed by atoms with Crippen LogP contribution < -0.4 is 9.30 Å². The summed E-state index contributed by atoms with van der Waals surface area (Å²) in [4.78, 5) is 4.90. The summed E-state index contributed by atoms with van der Waals surface area (Å²) >= 11 is 0. The van der Waals surface area contributed by atoms with Gasteiger partial charge in [-0.1, -0.05) is 138 Å². The van der Waals surface area contributed by atoms with Crippen LogP contribution in [0.1, 0.15) is 105 Å². The molecule has 0 amide bonds. The predicted octanol–water partition coefficient (Wildman–Crippen LogP) is 13.7. The van der Waals surface area contributed by atoms with E-state index in [0.29, 0.717) is 0 Å². The first kappa shape index (κ1) is 39.9. The highest BCUT2D eigenvalue weighted by molar-refractivity contribution is 6.09. The molecule has 59 heavy (non-hydrogen) atoms. The summed E-state index contributed by atoms with van der Waals surface area (Å²) in [5, 5.41) is 2.34. The third-order valence-electron chi connectivity index (χ3n) is 11.4. The standard InChI is InChI=1S/C54H58N4O/c1-51(2,3)38-24-25-55-50(31-38)58-47-21-17-16-20-45(47)46-23-22-43(33-48(46)58)59-44-30-40(53(7,8)9)29-42(32-44)57-35-56(34-49(57)54(10,11)12)41-27-37(36-18-14-13-15-19-36)26-39(28-41)52(4,5)6/h13-34H,1-12H3. The molecule has 0 unspecified atom stereocenters. The van der Waals surface area contributed by atoms with Gasteiger partial charge < -0.3 is 4.74 Å². The molecule has 0 N–H and O–H groups in total. The minimum absolute atomic E-state index is 0.00859. The van der Waals surface area contributed by atoms with Crippen molar-refractivity contribution in [2.24, 2.45) is 0 Å². The van der Waals surface area contributed by atoms with Gasteiger partial charge in [-0.15, -0.1) is 0 Å². The largest absolute Gasteiger partial charge is 0.458 e. The fraction of sp³-hybridized carbons (Fsp3) is 0.296. The Kier molecular flexibility index (Phi) is 9.74. The van der Waals surface area contributed by atoms with E-state index in [-0.39, 0.29) is 21.7 Å². The lowest BCUT2D eigenvalue weighted by Gasteiger charge is -2.24. The Morgan fingerprint density at radius 1 is 0.525 bits per heavy atom. The third kappa shape index (κ3) is 7.96. The minimum atomic E-state index is -0.179. The molecule has 0 fully saturated rings. The van der Waals surface area contributed by atoms with Crippen LogP contribution in [-0.2, 0) is 21.7 Å². The summed E-state index contributed by atoms with van der Waals surface area (Å²) < 4.78 is 13.6. The molecule has 5 heteroatoms. The molecule has 8 aromatic rings. The SMILES string of the molecule is CC(C)(C)c1cc(Oc2ccc3c4ccccc4n(-c4cc(C(C)(C)C)ccn4)c3c2)cc(-n2[c-][n+](-c3cc(-c4ccccc4)cc(C(C)(C)C)c3)cc2C(C)(C)C)c1. The Labute approximate surface area is 351 Å². The quantitative estimate of drug-likeness (QED) is 0.124. The molecule has 0 saturated carbocycles. The van der Waals surface area contributed by atoms with E-state index < -0.39 is 0 Å². The van der Waals surface area contributed by atoms with Gasteiger partial charge in [0.2, 0.25) is 0 Å². The number of aromatic nitrogens is 4. The normalized spacial score (nSPS) is 12.7. The molecule has 8 rings (SSSR count). The molecule has 0 aliphatic heterocycles. The minimum Gasteiger partial charge on any atom is -0.458 e. The average Bonchev–Trinajstić information content (AvgIpc) is 3.78. The number of hydrogen-bond acceptors (Lipinski definition) is 2. The van der Waals surface area contributed by atoms with E-state index in [4.69, 9.17) is 9.72 Å². The van der Waals surface area contributed by atoms with Gasteiger partial charge in [-0.3, -0.25) is 13.7 Å². The van der Waals surface area contributed by atoms with Crippen molar-refractivity contribution in [2.45, 2.75) is 105 Å². The molecular formula is C54H58N4O. The zero-order valence-electron chi connectivity index (χ0n) is 36.9. The van der Waals surface area contributed by atoms with Crippen LogP contribution in [0.4, 0.5) is 0 Å². The van der Waals surface area contributed by atoms with Crippen molar-refractivity contribution in [2.75, 3.05) is 0 Å². The number of pyridine rings is 1. The molecule has 5 nitrogen and oxygen atoms in total. The maximum absolute atomic E-state index is 6.92. The lowest BCUT2D eigenvalue weighted by molar-refractivity contribution is -0.599. The first-order valence-corrected chi connectivity index (χ1v) is 20.9. The van der Waals surface area contributed by atoms with Crippen LogP contribution in [0.15, 0.2) is 134 Å². The van der Waals surface area contributed by atoms with Crippen LogP contribution in [0, 0.1) is 6.33 Å². The van der Waals surface area contributed by atoms with Gasteiger partial charge in [0.15, 0.2) is 0 Å². The lowest BCUT2D eigenvalue weighted by Crippen LogP contribution is -2.29. The number of hydrogen-bond donors (Lipinski definition) is 0. The van der Waals surface area contributed by atoms with E-state index in [0.717, 1.165) is 50.8 Å².